The first-order valence-electron chi connectivity index (χ1n) is 3.40. The van der Waals surface area contributed by atoms with Crippen molar-refractivity contribution < 1.29 is 9.63 Å². The van der Waals surface area contributed by atoms with Crippen LogP contribution in [0, 0.1) is 0 Å². The van der Waals surface area contributed by atoms with Gasteiger partial charge in [0.15, 0.2) is 0 Å². The minimum atomic E-state index is -0.699. The number of carbonyl (C=O) groups excluding carboxylic acids is 1. The van der Waals surface area contributed by atoms with Crippen LogP contribution in [0.2, 0.25) is 0 Å². The minimum absolute atomic E-state index is 0.680. The molecule has 0 unspecified atom stereocenters. The van der Waals surface area contributed by atoms with Crippen molar-refractivity contribution in [2.75, 3.05) is 5.48 Å². The molecule has 1 aromatic rings. The molecular weight excluding hydrogens is 208 g/mol. The zero-order chi connectivity index (χ0) is 9.68. The van der Waals surface area contributed by atoms with Crippen molar-refractivity contribution in [1.82, 2.24) is 3.71 Å². The molecule has 0 aromatic heterocycles. The molecule has 1 rings (SSSR count). The summed E-state index contributed by atoms with van der Waals surface area (Å²) in [6, 6.07) is 9.00. The maximum absolute atomic E-state index is 10.8. The smallest absolute Gasteiger partial charge is 0.323 e. The van der Waals surface area contributed by atoms with E-state index in [1.807, 2.05) is 18.2 Å². The summed E-state index contributed by atoms with van der Waals surface area (Å²) in [5.41, 5.74) is 3.12. The zero-order valence-electron chi connectivity index (χ0n) is 6.54. The van der Waals surface area contributed by atoms with Crippen LogP contribution in [-0.4, -0.2) is 9.80 Å². The van der Waals surface area contributed by atoms with Gasteiger partial charge in [0.1, 0.15) is 0 Å². The van der Waals surface area contributed by atoms with Crippen LogP contribution < -0.4 is 5.48 Å². The number of hydrogen-bond acceptors (Lipinski definition) is 5. The number of amides is 1. The molecule has 0 aliphatic heterocycles. The van der Waals surface area contributed by atoms with E-state index in [0.29, 0.717) is 5.69 Å². The fourth-order valence-corrected chi connectivity index (χ4v) is 0.731. The third-order valence-corrected chi connectivity index (χ3v) is 1.52. The van der Waals surface area contributed by atoms with Gasteiger partial charge in [0.2, 0.25) is 0 Å². The molecule has 0 aliphatic carbocycles. The number of rotatable bonds is 2. The van der Waals surface area contributed by atoms with Crippen molar-refractivity contribution in [3.63, 3.8) is 0 Å². The lowest BCUT2D eigenvalue weighted by atomic mass is 10.3. The van der Waals surface area contributed by atoms with Gasteiger partial charge in [-0.1, -0.05) is 18.2 Å². The summed E-state index contributed by atoms with van der Waals surface area (Å²) < 4.78 is 0.732. The largest absolute Gasteiger partial charge is 0.454 e. The Morgan fingerprint density at radius 2 is 1.92 bits per heavy atom. The molecule has 4 nitrogen and oxygen atoms in total. The van der Waals surface area contributed by atoms with Crippen LogP contribution in [0.25, 0.3) is 0 Å². The average Bonchev–Trinajstić information content (AvgIpc) is 2.15. The highest BCUT2D eigenvalue weighted by Crippen LogP contribution is 2.07. The summed E-state index contributed by atoms with van der Waals surface area (Å²) in [5.74, 6) is 0. The van der Waals surface area contributed by atoms with Crippen molar-refractivity contribution >= 4 is 37.4 Å². The van der Waals surface area contributed by atoms with Crippen LogP contribution in [0.3, 0.4) is 0 Å². The zero-order valence-corrected chi connectivity index (χ0v) is 8.33. The van der Waals surface area contributed by atoms with E-state index in [2.05, 4.69) is 35.9 Å². The summed E-state index contributed by atoms with van der Waals surface area (Å²) in [4.78, 5) is 15.4. The van der Waals surface area contributed by atoms with Gasteiger partial charge < -0.3 is 4.84 Å². The van der Waals surface area contributed by atoms with Gasteiger partial charge in [-0.05, 0) is 37.8 Å². The topological polar surface area (TPSA) is 41.6 Å². The fraction of sp³-hybridized carbons (Fsp3) is 0. The lowest BCUT2D eigenvalue weighted by Crippen LogP contribution is -2.17. The van der Waals surface area contributed by atoms with Gasteiger partial charge in [-0.15, -0.1) is 0 Å². The molecule has 0 radical (unpaired) electrons. The normalized spacial score (nSPS) is 9.08. The minimum Gasteiger partial charge on any atom is -0.323 e. The van der Waals surface area contributed by atoms with Crippen molar-refractivity contribution in [3.8, 4) is 0 Å². The third kappa shape index (κ3) is 3.47. The van der Waals surface area contributed by atoms with Crippen LogP contribution in [0.1, 0.15) is 0 Å². The van der Waals surface area contributed by atoms with Gasteiger partial charge in [-0.3, -0.25) is 0 Å². The molecule has 0 spiro atoms. The predicted octanol–water partition coefficient (Wildman–Crippen LogP) is 2.14. The van der Waals surface area contributed by atoms with Crippen LogP contribution in [-0.2, 0) is 4.84 Å². The molecule has 1 aromatic carbocycles. The van der Waals surface area contributed by atoms with Crippen LogP contribution >= 0.6 is 25.6 Å². The van der Waals surface area contributed by atoms with Gasteiger partial charge in [0.25, 0.3) is 0 Å². The molecule has 13 heavy (non-hydrogen) atoms. The Labute approximate surface area is 86.9 Å². The number of nitrogens with one attached hydrogen (secondary N) is 1. The van der Waals surface area contributed by atoms with E-state index in [1.54, 1.807) is 12.1 Å². The van der Waals surface area contributed by atoms with E-state index in [0.717, 1.165) is 3.71 Å². The number of anilines is 1. The highest BCUT2D eigenvalue weighted by atomic mass is 32.2. The molecule has 0 atom stereocenters. The van der Waals surface area contributed by atoms with Gasteiger partial charge >= 0.3 is 6.09 Å². The second-order valence-corrected chi connectivity index (χ2v) is 3.24. The first-order chi connectivity index (χ1) is 6.20. The summed E-state index contributed by atoms with van der Waals surface area (Å²) in [5, 5.41) is 0. The highest BCUT2D eigenvalue weighted by molar-refractivity contribution is 7.94. The Bertz CT molecular complexity index is 279. The molecule has 0 bridgehead atoms. The van der Waals surface area contributed by atoms with Gasteiger partial charge in [-0.25, -0.2) is 10.3 Å². The van der Waals surface area contributed by atoms with Crippen molar-refractivity contribution in [2.45, 2.75) is 0 Å². The fourth-order valence-electron chi connectivity index (χ4n) is 0.650. The standard InChI is InChI=1S/C7H8N2O2S2/c10-7(9(12)13)11-8-6-4-2-1-3-5-6/h1-5,8,12-13H. The summed E-state index contributed by atoms with van der Waals surface area (Å²) in [7, 11) is 0. The molecule has 1 amide bonds. The number of hydrogen-bond donors (Lipinski definition) is 3. The quantitative estimate of drug-likeness (QED) is 0.524. The van der Waals surface area contributed by atoms with E-state index >= 15 is 0 Å². The highest BCUT2D eigenvalue weighted by Gasteiger charge is 2.06. The Kier molecular flexibility index (Phi) is 3.78. The molecule has 1 N–H and O–H groups in total. The van der Waals surface area contributed by atoms with Crippen molar-refractivity contribution in [3.05, 3.63) is 30.3 Å². The maximum Gasteiger partial charge on any atom is 0.454 e. The van der Waals surface area contributed by atoms with E-state index in [-0.39, 0.29) is 0 Å². The Balaban J connectivity index is 2.40. The third-order valence-electron chi connectivity index (χ3n) is 1.19. The Hall–Kier alpha value is -1.01. The summed E-state index contributed by atoms with van der Waals surface area (Å²) >= 11 is 7.24. The molecule has 0 fully saturated rings. The molecular formula is C7H8N2O2S2. The van der Waals surface area contributed by atoms with Crippen LogP contribution in [0.4, 0.5) is 10.5 Å². The van der Waals surface area contributed by atoms with Gasteiger partial charge in [0, 0.05) is 0 Å². The monoisotopic (exact) mass is 216 g/mol. The number of carbonyl (C=O) groups is 1. The second-order valence-electron chi connectivity index (χ2n) is 2.13. The number of benzene rings is 1. The average molecular weight is 216 g/mol. The molecule has 0 aliphatic rings. The number of para-hydroxylation sites is 1. The SMILES string of the molecule is O=C(ONc1ccccc1)N(S)S. The summed E-state index contributed by atoms with van der Waals surface area (Å²) in [6.45, 7) is 0. The lowest BCUT2D eigenvalue weighted by molar-refractivity contribution is 0.166. The van der Waals surface area contributed by atoms with Crippen molar-refractivity contribution in [2.24, 2.45) is 0 Å². The van der Waals surface area contributed by atoms with E-state index < -0.39 is 6.09 Å². The predicted molar refractivity (Wildman–Crippen MR) is 56.4 cm³/mol. The maximum atomic E-state index is 10.8. The Morgan fingerprint density at radius 1 is 1.31 bits per heavy atom. The van der Waals surface area contributed by atoms with Gasteiger partial charge in [0.05, 0.1) is 5.69 Å². The van der Waals surface area contributed by atoms with Crippen LogP contribution in [0.15, 0.2) is 30.3 Å². The summed E-state index contributed by atoms with van der Waals surface area (Å²) in [6.07, 6.45) is -0.699. The number of nitrogens with zero attached hydrogens (tertiary/aromatic N) is 1. The molecule has 70 valence electrons. The number of thiol groups is 2. The molecule has 6 heteroatoms. The first kappa shape index (κ1) is 10.1. The van der Waals surface area contributed by atoms with Crippen molar-refractivity contribution in [1.29, 1.82) is 0 Å². The van der Waals surface area contributed by atoms with Crippen LogP contribution in [0.5, 0.6) is 0 Å². The molecule has 0 heterocycles. The van der Waals surface area contributed by atoms with E-state index in [4.69, 9.17) is 0 Å². The lowest BCUT2D eigenvalue weighted by Gasteiger charge is -2.08. The van der Waals surface area contributed by atoms with Gasteiger partial charge in [-0.2, -0.15) is 3.71 Å². The first-order valence-corrected chi connectivity index (χ1v) is 4.20. The van der Waals surface area contributed by atoms with E-state index in [9.17, 15) is 4.79 Å². The molecule has 0 saturated heterocycles. The second kappa shape index (κ2) is 4.88. The Morgan fingerprint density at radius 3 is 2.46 bits per heavy atom. The molecule has 0 saturated carbocycles. The van der Waals surface area contributed by atoms with E-state index in [1.165, 1.54) is 0 Å².